The minimum Gasteiger partial charge on any atom is -0.353 e. The Morgan fingerprint density at radius 1 is 1.08 bits per heavy atom. The molecule has 1 amide bonds. The van der Waals surface area contributed by atoms with Crippen LogP contribution in [0.25, 0.3) is 0 Å². The highest BCUT2D eigenvalue weighted by Crippen LogP contribution is 2.18. The van der Waals surface area contributed by atoms with Crippen LogP contribution in [0.3, 0.4) is 0 Å². The van der Waals surface area contributed by atoms with Crippen molar-refractivity contribution in [3.63, 3.8) is 0 Å². The molecule has 1 heterocycles. The van der Waals surface area contributed by atoms with Gasteiger partial charge in [0, 0.05) is 30.0 Å². The molecule has 0 fully saturated rings. The van der Waals surface area contributed by atoms with E-state index in [1.54, 1.807) is 36.5 Å². The van der Waals surface area contributed by atoms with Crippen molar-refractivity contribution in [2.75, 3.05) is 16.8 Å². The molecule has 26 heavy (non-hydrogen) atoms. The first-order valence-corrected chi connectivity index (χ1v) is 8.85. The highest BCUT2D eigenvalue weighted by Gasteiger charge is 2.10. The van der Waals surface area contributed by atoms with E-state index in [9.17, 15) is 4.79 Å². The van der Waals surface area contributed by atoms with E-state index < -0.39 is 0 Å². The molecule has 0 aliphatic carbocycles. The SMILES string of the molecule is CCN(Cc1ccccc1)c1ccc(C(=O)Nc2cccc(Cl)c2)cn1. The predicted molar refractivity (Wildman–Crippen MR) is 107 cm³/mol. The number of carbonyl (C=O) groups excluding carboxylic acids is 1. The van der Waals surface area contributed by atoms with E-state index in [1.165, 1.54) is 5.56 Å². The highest BCUT2D eigenvalue weighted by atomic mass is 35.5. The largest absolute Gasteiger partial charge is 0.353 e. The molecule has 0 aliphatic heterocycles. The van der Waals surface area contributed by atoms with Crippen molar-refractivity contribution in [2.45, 2.75) is 13.5 Å². The fraction of sp³-hybridized carbons (Fsp3) is 0.143. The number of aromatic nitrogens is 1. The summed E-state index contributed by atoms with van der Waals surface area (Å²) in [5.74, 6) is 0.632. The van der Waals surface area contributed by atoms with Crippen molar-refractivity contribution < 1.29 is 4.79 Å². The van der Waals surface area contributed by atoms with Crippen LogP contribution in [0.2, 0.25) is 5.02 Å². The van der Waals surface area contributed by atoms with E-state index in [0.717, 1.165) is 18.9 Å². The van der Waals surface area contributed by atoms with Gasteiger partial charge in [-0.05, 0) is 42.8 Å². The smallest absolute Gasteiger partial charge is 0.257 e. The highest BCUT2D eigenvalue weighted by molar-refractivity contribution is 6.30. The summed E-state index contributed by atoms with van der Waals surface area (Å²) in [5.41, 5.74) is 2.38. The molecule has 0 bridgehead atoms. The molecule has 0 atom stereocenters. The zero-order valence-corrected chi connectivity index (χ0v) is 15.3. The number of nitrogens with zero attached hydrogens (tertiary/aromatic N) is 2. The van der Waals surface area contributed by atoms with Gasteiger partial charge in [-0.2, -0.15) is 0 Å². The Labute approximate surface area is 158 Å². The lowest BCUT2D eigenvalue weighted by molar-refractivity contribution is 0.102. The van der Waals surface area contributed by atoms with Gasteiger partial charge in [-0.3, -0.25) is 4.79 Å². The maximum absolute atomic E-state index is 12.4. The van der Waals surface area contributed by atoms with Gasteiger partial charge in [0.2, 0.25) is 0 Å². The molecule has 5 heteroatoms. The normalized spacial score (nSPS) is 10.4. The summed E-state index contributed by atoms with van der Waals surface area (Å²) < 4.78 is 0. The first kappa shape index (κ1) is 18.0. The zero-order chi connectivity index (χ0) is 18.4. The van der Waals surface area contributed by atoms with Crippen LogP contribution in [0.15, 0.2) is 72.9 Å². The van der Waals surface area contributed by atoms with Crippen LogP contribution in [-0.2, 0) is 6.54 Å². The van der Waals surface area contributed by atoms with Gasteiger partial charge in [0.25, 0.3) is 5.91 Å². The minimum atomic E-state index is -0.211. The number of halogens is 1. The number of carbonyl (C=O) groups is 1. The number of hydrogen-bond donors (Lipinski definition) is 1. The average molecular weight is 366 g/mol. The lowest BCUT2D eigenvalue weighted by Gasteiger charge is -2.22. The second kappa shape index (κ2) is 8.50. The summed E-state index contributed by atoms with van der Waals surface area (Å²) >= 11 is 5.94. The molecule has 0 saturated heterocycles. The monoisotopic (exact) mass is 365 g/mol. The number of anilines is 2. The average Bonchev–Trinajstić information content (AvgIpc) is 2.67. The maximum atomic E-state index is 12.4. The molecule has 1 N–H and O–H groups in total. The summed E-state index contributed by atoms with van der Waals surface area (Å²) in [6.07, 6.45) is 1.60. The van der Waals surface area contributed by atoms with Crippen molar-refractivity contribution in [1.29, 1.82) is 0 Å². The van der Waals surface area contributed by atoms with Crippen molar-refractivity contribution in [1.82, 2.24) is 4.98 Å². The number of pyridine rings is 1. The van der Waals surface area contributed by atoms with E-state index in [2.05, 4.69) is 34.3 Å². The lowest BCUT2D eigenvalue weighted by atomic mass is 10.2. The Hall–Kier alpha value is -2.85. The molecule has 1 aromatic heterocycles. The molecule has 0 aliphatic rings. The van der Waals surface area contributed by atoms with Gasteiger partial charge in [0.15, 0.2) is 0 Å². The Kier molecular flexibility index (Phi) is 5.87. The first-order valence-electron chi connectivity index (χ1n) is 8.47. The van der Waals surface area contributed by atoms with Crippen molar-refractivity contribution in [3.8, 4) is 0 Å². The molecule has 2 aromatic carbocycles. The fourth-order valence-corrected chi connectivity index (χ4v) is 2.83. The maximum Gasteiger partial charge on any atom is 0.257 e. The van der Waals surface area contributed by atoms with Crippen molar-refractivity contribution in [2.24, 2.45) is 0 Å². The van der Waals surface area contributed by atoms with Gasteiger partial charge in [-0.1, -0.05) is 48.0 Å². The summed E-state index contributed by atoms with van der Waals surface area (Å²) in [7, 11) is 0. The number of hydrogen-bond acceptors (Lipinski definition) is 3. The van der Waals surface area contributed by atoms with Gasteiger partial charge < -0.3 is 10.2 Å². The van der Waals surface area contributed by atoms with Crippen LogP contribution in [0, 0.1) is 0 Å². The van der Waals surface area contributed by atoms with Gasteiger partial charge in [0.1, 0.15) is 5.82 Å². The molecule has 3 rings (SSSR count). The third-order valence-electron chi connectivity index (χ3n) is 4.01. The Morgan fingerprint density at radius 3 is 2.54 bits per heavy atom. The van der Waals surface area contributed by atoms with Crippen LogP contribution >= 0.6 is 11.6 Å². The lowest BCUT2D eigenvalue weighted by Crippen LogP contribution is -2.23. The Morgan fingerprint density at radius 2 is 1.88 bits per heavy atom. The van der Waals surface area contributed by atoms with E-state index in [1.807, 2.05) is 24.3 Å². The van der Waals surface area contributed by atoms with Crippen LogP contribution in [0.1, 0.15) is 22.8 Å². The van der Waals surface area contributed by atoms with Crippen LogP contribution in [0.4, 0.5) is 11.5 Å². The number of benzene rings is 2. The van der Waals surface area contributed by atoms with E-state index >= 15 is 0 Å². The topological polar surface area (TPSA) is 45.2 Å². The Bertz CT molecular complexity index is 866. The quantitative estimate of drug-likeness (QED) is 0.667. The molecule has 3 aromatic rings. The van der Waals surface area contributed by atoms with E-state index in [4.69, 9.17) is 11.6 Å². The molecule has 132 valence electrons. The molecule has 4 nitrogen and oxygen atoms in total. The molecule has 0 saturated carbocycles. The first-order chi connectivity index (χ1) is 12.7. The number of nitrogens with one attached hydrogen (secondary N) is 1. The Balaban J connectivity index is 1.69. The molecular weight excluding hydrogens is 346 g/mol. The minimum absolute atomic E-state index is 0.211. The molecule has 0 unspecified atom stereocenters. The zero-order valence-electron chi connectivity index (χ0n) is 14.5. The number of rotatable bonds is 6. The third-order valence-corrected chi connectivity index (χ3v) is 4.25. The van der Waals surface area contributed by atoms with Gasteiger partial charge >= 0.3 is 0 Å². The molecular formula is C21H20ClN3O. The molecule has 0 spiro atoms. The molecule has 0 radical (unpaired) electrons. The van der Waals surface area contributed by atoms with E-state index in [-0.39, 0.29) is 5.91 Å². The van der Waals surface area contributed by atoms with Gasteiger partial charge in [0.05, 0.1) is 5.56 Å². The summed E-state index contributed by atoms with van der Waals surface area (Å²) in [5, 5.41) is 3.40. The number of amides is 1. The summed E-state index contributed by atoms with van der Waals surface area (Å²) in [6, 6.07) is 21.0. The van der Waals surface area contributed by atoms with Gasteiger partial charge in [-0.25, -0.2) is 4.98 Å². The fourth-order valence-electron chi connectivity index (χ4n) is 2.64. The van der Waals surface area contributed by atoms with E-state index in [0.29, 0.717) is 16.3 Å². The third kappa shape index (κ3) is 4.61. The standard InChI is InChI=1S/C21H20ClN3O/c1-2-25(15-16-7-4-3-5-8-16)20-12-11-17(14-23-20)21(26)24-19-10-6-9-18(22)13-19/h3-14H,2,15H2,1H3,(H,24,26). The van der Waals surface area contributed by atoms with Crippen LogP contribution in [-0.4, -0.2) is 17.4 Å². The van der Waals surface area contributed by atoms with Crippen molar-refractivity contribution in [3.05, 3.63) is 89.1 Å². The van der Waals surface area contributed by atoms with Crippen molar-refractivity contribution >= 4 is 29.0 Å². The van der Waals surface area contributed by atoms with Crippen LogP contribution < -0.4 is 10.2 Å². The predicted octanol–water partition coefficient (Wildman–Crippen LogP) is 5.01. The van der Waals surface area contributed by atoms with Crippen LogP contribution in [0.5, 0.6) is 0 Å². The second-order valence-corrected chi connectivity index (χ2v) is 6.31. The van der Waals surface area contributed by atoms with Gasteiger partial charge in [-0.15, -0.1) is 0 Å². The summed E-state index contributed by atoms with van der Waals surface area (Å²) in [6.45, 7) is 3.69. The summed E-state index contributed by atoms with van der Waals surface area (Å²) in [4.78, 5) is 19.0. The second-order valence-electron chi connectivity index (χ2n) is 5.87.